The van der Waals surface area contributed by atoms with Crippen LogP contribution in [0.25, 0.3) is 11.3 Å². The fourth-order valence-electron chi connectivity index (χ4n) is 2.22. The van der Waals surface area contributed by atoms with E-state index in [1.807, 2.05) is 25.1 Å². The van der Waals surface area contributed by atoms with Crippen molar-refractivity contribution in [1.82, 2.24) is 4.98 Å². The van der Waals surface area contributed by atoms with E-state index >= 15 is 0 Å². The maximum atomic E-state index is 11.6. The monoisotopic (exact) mass is 319 g/mol. The van der Waals surface area contributed by atoms with Gasteiger partial charge in [0.15, 0.2) is 16.6 Å². The molecule has 116 valence electrons. The van der Waals surface area contributed by atoms with Crippen molar-refractivity contribution in [3.63, 3.8) is 0 Å². The molecule has 3 rings (SSSR count). The van der Waals surface area contributed by atoms with E-state index in [0.29, 0.717) is 24.9 Å². The summed E-state index contributed by atoms with van der Waals surface area (Å²) in [4.78, 5) is 17.1. The van der Waals surface area contributed by atoms with Gasteiger partial charge in [-0.25, -0.2) is 4.98 Å². The summed E-state index contributed by atoms with van der Waals surface area (Å²) in [6.07, 6.45) is 0.290. The molecule has 0 radical (unpaired) electrons. The van der Waals surface area contributed by atoms with Gasteiger partial charge >= 0.3 is 0 Å². The molecule has 1 aliphatic heterocycles. The van der Waals surface area contributed by atoms with Crippen molar-refractivity contribution in [2.24, 2.45) is 5.73 Å². The first-order chi connectivity index (χ1) is 10.7. The van der Waals surface area contributed by atoms with Gasteiger partial charge in [0.2, 0.25) is 5.91 Å². The minimum atomic E-state index is -0.120. The number of nitrogens with two attached hydrogens (primary N) is 1. The molecular weight excluding hydrogens is 302 g/mol. The van der Waals surface area contributed by atoms with Crippen molar-refractivity contribution in [1.29, 1.82) is 0 Å². The van der Waals surface area contributed by atoms with E-state index < -0.39 is 0 Å². The second-order valence-corrected chi connectivity index (χ2v) is 6.07. The lowest BCUT2D eigenvalue weighted by molar-refractivity contribution is -0.116. The van der Waals surface area contributed by atoms with Gasteiger partial charge in [0.05, 0.1) is 5.69 Å². The summed E-state index contributed by atoms with van der Waals surface area (Å²) in [7, 11) is 0. The first-order valence-electron chi connectivity index (χ1n) is 7.05. The number of amides is 1. The lowest BCUT2D eigenvalue weighted by atomic mass is 10.1. The Kier molecular flexibility index (Phi) is 4.26. The van der Waals surface area contributed by atoms with Crippen LogP contribution in [-0.4, -0.2) is 30.6 Å². The molecule has 0 saturated carbocycles. The number of rotatable bonds is 4. The van der Waals surface area contributed by atoms with E-state index in [0.717, 1.165) is 27.6 Å². The number of aryl methyl sites for hydroxylation is 1. The highest BCUT2D eigenvalue weighted by Gasteiger charge is 2.16. The number of carbonyl (C=O) groups is 1. The van der Waals surface area contributed by atoms with E-state index in [-0.39, 0.29) is 12.3 Å². The molecule has 0 aliphatic carbocycles. The maximum Gasteiger partial charge on any atom is 0.227 e. The fraction of sp³-hybridized carbons (Fsp3) is 0.333. The molecule has 2 heterocycles. The molecular formula is C15H17N3O3S. The standard InChI is InChI=1S/C15H17N3O3S/c1-9-14(18-15(22-9)17-13(19)4-5-16)10-2-3-11-12(8-10)21-7-6-20-11/h2-3,8H,4-7,16H2,1H3,(H,17,18,19). The Morgan fingerprint density at radius 2 is 2.14 bits per heavy atom. The summed E-state index contributed by atoms with van der Waals surface area (Å²) in [6, 6.07) is 5.75. The van der Waals surface area contributed by atoms with Gasteiger partial charge in [0.25, 0.3) is 0 Å². The second kappa shape index (κ2) is 6.33. The van der Waals surface area contributed by atoms with Crippen molar-refractivity contribution in [3.8, 4) is 22.8 Å². The SMILES string of the molecule is Cc1sc(NC(=O)CCN)nc1-c1ccc2c(c1)OCCO2. The summed E-state index contributed by atoms with van der Waals surface area (Å²) in [5.41, 5.74) is 7.15. The Balaban J connectivity index is 1.85. The minimum absolute atomic E-state index is 0.120. The number of anilines is 1. The normalized spacial score (nSPS) is 13.0. The number of nitrogens with one attached hydrogen (secondary N) is 1. The van der Waals surface area contributed by atoms with Crippen LogP contribution in [0.4, 0.5) is 5.13 Å². The van der Waals surface area contributed by atoms with Gasteiger partial charge in [-0.05, 0) is 25.1 Å². The summed E-state index contributed by atoms with van der Waals surface area (Å²) in [5.74, 6) is 1.36. The Hall–Kier alpha value is -2.12. The predicted octanol–water partition coefficient (Wildman–Crippen LogP) is 2.18. The summed E-state index contributed by atoms with van der Waals surface area (Å²) in [6.45, 7) is 3.42. The highest BCUT2D eigenvalue weighted by molar-refractivity contribution is 7.16. The van der Waals surface area contributed by atoms with Crippen LogP contribution >= 0.6 is 11.3 Å². The van der Waals surface area contributed by atoms with Crippen molar-refractivity contribution < 1.29 is 14.3 Å². The van der Waals surface area contributed by atoms with Gasteiger partial charge in [0.1, 0.15) is 13.2 Å². The average Bonchev–Trinajstić information content (AvgIpc) is 2.87. The number of nitrogens with zero attached hydrogens (tertiary/aromatic N) is 1. The topological polar surface area (TPSA) is 86.5 Å². The molecule has 0 unspecified atom stereocenters. The zero-order chi connectivity index (χ0) is 15.5. The first-order valence-corrected chi connectivity index (χ1v) is 7.86. The molecule has 1 aliphatic rings. The molecule has 1 aromatic heterocycles. The molecule has 0 atom stereocenters. The number of hydrogen-bond acceptors (Lipinski definition) is 6. The molecule has 0 fully saturated rings. The van der Waals surface area contributed by atoms with Crippen molar-refractivity contribution in [3.05, 3.63) is 23.1 Å². The number of aromatic nitrogens is 1. The van der Waals surface area contributed by atoms with Crippen LogP contribution < -0.4 is 20.5 Å². The van der Waals surface area contributed by atoms with Crippen LogP contribution in [0.15, 0.2) is 18.2 Å². The first kappa shape index (κ1) is 14.8. The van der Waals surface area contributed by atoms with Crippen LogP contribution in [-0.2, 0) is 4.79 Å². The number of thiazole rings is 1. The van der Waals surface area contributed by atoms with Crippen LogP contribution in [0, 0.1) is 6.92 Å². The molecule has 1 amide bonds. The quantitative estimate of drug-likeness (QED) is 0.902. The molecule has 2 aromatic rings. The molecule has 22 heavy (non-hydrogen) atoms. The lowest BCUT2D eigenvalue weighted by Crippen LogP contribution is -2.16. The number of benzene rings is 1. The number of fused-ring (bicyclic) bond motifs is 1. The molecule has 6 nitrogen and oxygen atoms in total. The van der Waals surface area contributed by atoms with Gasteiger partial charge in [-0.1, -0.05) is 0 Å². The van der Waals surface area contributed by atoms with E-state index in [1.54, 1.807) is 0 Å². The molecule has 0 saturated heterocycles. The van der Waals surface area contributed by atoms with E-state index in [4.69, 9.17) is 15.2 Å². The van der Waals surface area contributed by atoms with Gasteiger partial charge in [-0.15, -0.1) is 11.3 Å². The zero-order valence-electron chi connectivity index (χ0n) is 12.2. The van der Waals surface area contributed by atoms with Crippen molar-refractivity contribution >= 4 is 22.4 Å². The average molecular weight is 319 g/mol. The van der Waals surface area contributed by atoms with Crippen molar-refractivity contribution in [2.45, 2.75) is 13.3 Å². The maximum absolute atomic E-state index is 11.6. The Morgan fingerprint density at radius 3 is 2.91 bits per heavy atom. The Labute approximate surface area is 132 Å². The Morgan fingerprint density at radius 1 is 1.36 bits per heavy atom. The Bertz CT molecular complexity index is 699. The highest BCUT2D eigenvalue weighted by Crippen LogP contribution is 2.37. The summed E-state index contributed by atoms with van der Waals surface area (Å²) < 4.78 is 11.1. The van der Waals surface area contributed by atoms with E-state index in [9.17, 15) is 4.79 Å². The van der Waals surface area contributed by atoms with Crippen LogP contribution in [0.2, 0.25) is 0 Å². The number of carbonyl (C=O) groups excluding carboxylic acids is 1. The fourth-order valence-corrected chi connectivity index (χ4v) is 3.07. The lowest BCUT2D eigenvalue weighted by Gasteiger charge is -2.18. The molecule has 7 heteroatoms. The van der Waals surface area contributed by atoms with Gasteiger partial charge in [-0.2, -0.15) is 0 Å². The van der Waals surface area contributed by atoms with Gasteiger partial charge in [-0.3, -0.25) is 4.79 Å². The van der Waals surface area contributed by atoms with E-state index in [2.05, 4.69) is 10.3 Å². The van der Waals surface area contributed by atoms with Gasteiger partial charge in [0, 0.05) is 23.4 Å². The molecule has 0 bridgehead atoms. The third-order valence-corrected chi connectivity index (χ3v) is 4.12. The number of ether oxygens (including phenoxy) is 2. The van der Waals surface area contributed by atoms with Gasteiger partial charge < -0.3 is 20.5 Å². The largest absolute Gasteiger partial charge is 0.486 e. The molecule has 1 aromatic carbocycles. The van der Waals surface area contributed by atoms with Crippen molar-refractivity contribution in [2.75, 3.05) is 25.1 Å². The molecule has 0 spiro atoms. The highest BCUT2D eigenvalue weighted by atomic mass is 32.1. The van der Waals surface area contributed by atoms with Crippen LogP contribution in [0.5, 0.6) is 11.5 Å². The zero-order valence-corrected chi connectivity index (χ0v) is 13.0. The predicted molar refractivity (Wildman–Crippen MR) is 85.6 cm³/mol. The smallest absolute Gasteiger partial charge is 0.227 e. The summed E-state index contributed by atoms with van der Waals surface area (Å²) in [5, 5.41) is 3.35. The van der Waals surface area contributed by atoms with Crippen LogP contribution in [0.3, 0.4) is 0 Å². The minimum Gasteiger partial charge on any atom is -0.486 e. The number of hydrogen-bond donors (Lipinski definition) is 2. The second-order valence-electron chi connectivity index (χ2n) is 4.87. The summed E-state index contributed by atoms with van der Waals surface area (Å²) >= 11 is 1.44. The molecule has 3 N–H and O–H groups in total. The van der Waals surface area contributed by atoms with E-state index in [1.165, 1.54) is 11.3 Å². The van der Waals surface area contributed by atoms with Crippen LogP contribution in [0.1, 0.15) is 11.3 Å². The third-order valence-electron chi connectivity index (χ3n) is 3.23. The third kappa shape index (κ3) is 3.05.